The third-order valence-electron chi connectivity index (χ3n) is 13.4. The number of halogens is 1. The summed E-state index contributed by atoms with van der Waals surface area (Å²) < 4.78 is 31.1. The SMILES string of the molecule is CC(=O)O[C@H]1C[C@@]2(C)[C@@H](C[C@@H](O)[C@H]3[C@@]4(C)CC[C@@H](O)[C@@H](C)[C@@H]4CC[C@@]32C)/C1=C(\CCC=C(C)C)C(=O)OCc1nnc(-c2ccc(F)cc2)o1. The van der Waals surface area contributed by atoms with Crippen molar-refractivity contribution in [2.45, 2.75) is 125 Å². The Hall–Kier alpha value is -3.37. The maximum absolute atomic E-state index is 14.2. The molecule has 2 aromatic rings. The molecule has 6 rings (SSSR count). The third kappa shape index (κ3) is 6.25. The molecule has 0 unspecified atom stereocenters. The highest BCUT2D eigenvalue weighted by atomic mass is 19.1. The predicted octanol–water partition coefficient (Wildman–Crippen LogP) is 7.51. The molecule has 0 amide bonds. The van der Waals surface area contributed by atoms with E-state index in [1.54, 1.807) is 0 Å². The molecule has 50 heavy (non-hydrogen) atoms. The highest BCUT2D eigenvalue weighted by Crippen LogP contribution is 2.74. The van der Waals surface area contributed by atoms with Crippen molar-refractivity contribution in [2.24, 2.45) is 39.9 Å². The molecule has 2 N–H and O–H groups in total. The normalized spacial score (nSPS) is 37.2. The van der Waals surface area contributed by atoms with E-state index in [1.165, 1.54) is 31.2 Å². The summed E-state index contributed by atoms with van der Waals surface area (Å²) in [6.45, 7) is 14.2. The number of allylic oxidation sites excluding steroid dienone is 2. The lowest BCUT2D eigenvalue weighted by atomic mass is 9.36. The average molecular weight is 693 g/mol. The van der Waals surface area contributed by atoms with Crippen LogP contribution in [0.5, 0.6) is 0 Å². The Kier molecular flexibility index (Phi) is 9.94. The van der Waals surface area contributed by atoms with Crippen molar-refractivity contribution in [3.05, 3.63) is 58.8 Å². The molecule has 1 aromatic carbocycles. The van der Waals surface area contributed by atoms with Crippen molar-refractivity contribution in [3.8, 4) is 11.5 Å². The van der Waals surface area contributed by atoms with Crippen molar-refractivity contribution in [1.29, 1.82) is 0 Å². The first-order valence-corrected chi connectivity index (χ1v) is 18.2. The molecule has 0 bridgehead atoms. The molecular formula is C40H53FN2O7. The van der Waals surface area contributed by atoms with E-state index in [9.17, 15) is 24.2 Å². The molecule has 9 nitrogen and oxygen atoms in total. The number of aliphatic hydroxyl groups is 2. The number of esters is 2. The van der Waals surface area contributed by atoms with Gasteiger partial charge in [-0.2, -0.15) is 0 Å². The number of rotatable bonds is 8. The number of carbonyl (C=O) groups excluding carboxylic acids is 2. The van der Waals surface area contributed by atoms with Gasteiger partial charge < -0.3 is 24.1 Å². The molecule has 4 fully saturated rings. The molecule has 4 aliphatic rings. The third-order valence-corrected chi connectivity index (χ3v) is 13.4. The number of aromatic nitrogens is 2. The maximum Gasteiger partial charge on any atom is 0.334 e. The highest BCUT2D eigenvalue weighted by Gasteiger charge is 2.70. The van der Waals surface area contributed by atoms with Gasteiger partial charge in [-0.3, -0.25) is 4.79 Å². The highest BCUT2D eigenvalue weighted by molar-refractivity contribution is 5.90. The minimum atomic E-state index is -0.634. The van der Waals surface area contributed by atoms with E-state index in [2.05, 4.69) is 44.0 Å². The molecule has 4 saturated carbocycles. The van der Waals surface area contributed by atoms with Crippen LogP contribution >= 0.6 is 0 Å². The largest absolute Gasteiger partial charge is 0.458 e. The monoisotopic (exact) mass is 692 g/mol. The molecule has 0 saturated heterocycles. The van der Waals surface area contributed by atoms with Gasteiger partial charge in [-0.15, -0.1) is 10.2 Å². The molecule has 10 heteroatoms. The summed E-state index contributed by atoms with van der Waals surface area (Å²) in [6, 6.07) is 5.67. The van der Waals surface area contributed by atoms with E-state index in [0.717, 1.165) is 36.8 Å². The molecule has 1 aromatic heterocycles. The van der Waals surface area contributed by atoms with Crippen LogP contribution in [0.2, 0.25) is 0 Å². The second kappa shape index (κ2) is 13.6. The van der Waals surface area contributed by atoms with Gasteiger partial charge in [0.15, 0.2) is 6.61 Å². The summed E-state index contributed by atoms with van der Waals surface area (Å²) in [4.78, 5) is 26.8. The first-order valence-electron chi connectivity index (χ1n) is 18.2. The Morgan fingerprint density at radius 1 is 1.02 bits per heavy atom. The summed E-state index contributed by atoms with van der Waals surface area (Å²) in [5.41, 5.74) is 2.05. The molecular weight excluding hydrogens is 639 g/mol. The minimum Gasteiger partial charge on any atom is -0.458 e. The molecule has 0 aliphatic heterocycles. The van der Waals surface area contributed by atoms with Gasteiger partial charge in [0.1, 0.15) is 11.9 Å². The number of aliphatic hydroxyl groups excluding tert-OH is 2. The Morgan fingerprint density at radius 3 is 2.42 bits per heavy atom. The van der Waals surface area contributed by atoms with Crippen LogP contribution in [0.3, 0.4) is 0 Å². The van der Waals surface area contributed by atoms with Crippen LogP contribution in [-0.2, 0) is 25.7 Å². The number of hydrogen-bond acceptors (Lipinski definition) is 9. The standard InChI is InChI=1S/C40H53FN2O7/c1-22(2)9-8-10-27(37(47)48-21-33-42-43-36(50-33)25-11-13-26(41)14-12-25)34-29-19-31(46)35-38(5)17-16-30(45)23(3)28(38)15-18-39(35,6)40(29,7)20-32(34)49-24(4)44/h9,11-14,23,28-32,35,45-46H,8,10,15-21H2,1-7H3/b34-27-/t23-,28-,29-,30+,31+,32-,35-,38-,39-,40-/m0/s1. The Labute approximate surface area is 294 Å². The fraction of sp³-hybridized carbons (Fsp3) is 0.650. The van der Waals surface area contributed by atoms with Crippen LogP contribution in [0.25, 0.3) is 11.5 Å². The Bertz CT molecular complexity index is 1660. The van der Waals surface area contributed by atoms with Gasteiger partial charge >= 0.3 is 11.9 Å². The van der Waals surface area contributed by atoms with Crippen molar-refractivity contribution in [2.75, 3.05) is 0 Å². The van der Waals surface area contributed by atoms with Crippen molar-refractivity contribution >= 4 is 11.9 Å². The Morgan fingerprint density at radius 2 is 1.74 bits per heavy atom. The summed E-state index contributed by atoms with van der Waals surface area (Å²) in [7, 11) is 0. The second-order valence-corrected chi connectivity index (χ2v) is 16.4. The number of carbonyl (C=O) groups is 2. The van der Waals surface area contributed by atoms with Crippen LogP contribution in [0.4, 0.5) is 4.39 Å². The van der Waals surface area contributed by atoms with Crippen LogP contribution in [0.1, 0.15) is 106 Å². The van der Waals surface area contributed by atoms with E-state index in [0.29, 0.717) is 42.7 Å². The van der Waals surface area contributed by atoms with Crippen LogP contribution < -0.4 is 0 Å². The number of benzene rings is 1. The molecule has 4 aliphatic carbocycles. The van der Waals surface area contributed by atoms with Gasteiger partial charge in [-0.05, 0) is 135 Å². The van der Waals surface area contributed by atoms with E-state index >= 15 is 0 Å². The van der Waals surface area contributed by atoms with Crippen LogP contribution in [0, 0.1) is 45.7 Å². The lowest BCUT2D eigenvalue weighted by molar-refractivity contribution is -0.234. The molecule has 0 spiro atoms. The lowest BCUT2D eigenvalue weighted by Gasteiger charge is -2.69. The van der Waals surface area contributed by atoms with E-state index in [1.807, 2.05) is 13.8 Å². The van der Waals surface area contributed by atoms with Crippen LogP contribution in [-0.4, -0.2) is 50.7 Å². The van der Waals surface area contributed by atoms with Gasteiger partial charge in [0.25, 0.3) is 5.89 Å². The maximum atomic E-state index is 14.2. The van der Waals surface area contributed by atoms with Gasteiger partial charge in [0, 0.05) is 18.1 Å². The van der Waals surface area contributed by atoms with Crippen LogP contribution in [0.15, 0.2) is 51.5 Å². The quantitative estimate of drug-likeness (QED) is 0.164. The smallest absolute Gasteiger partial charge is 0.334 e. The first-order chi connectivity index (χ1) is 23.6. The van der Waals surface area contributed by atoms with Crippen molar-refractivity contribution in [1.82, 2.24) is 10.2 Å². The molecule has 1 heterocycles. The predicted molar refractivity (Wildman–Crippen MR) is 184 cm³/mol. The van der Waals surface area contributed by atoms with Crippen molar-refractivity contribution in [3.63, 3.8) is 0 Å². The van der Waals surface area contributed by atoms with E-state index in [4.69, 9.17) is 13.9 Å². The topological polar surface area (TPSA) is 132 Å². The minimum absolute atomic E-state index is 0.00353. The number of hydrogen-bond donors (Lipinski definition) is 2. The van der Waals surface area contributed by atoms with E-state index in [-0.39, 0.29) is 64.3 Å². The van der Waals surface area contributed by atoms with E-state index < -0.39 is 24.1 Å². The lowest BCUT2D eigenvalue weighted by Crippen LogP contribution is -2.65. The Balaban J connectivity index is 1.36. The molecule has 0 radical (unpaired) electrons. The molecule has 272 valence electrons. The summed E-state index contributed by atoms with van der Waals surface area (Å²) >= 11 is 0. The zero-order valence-electron chi connectivity index (χ0n) is 30.5. The van der Waals surface area contributed by atoms with Gasteiger partial charge in [0.05, 0.1) is 12.2 Å². The molecule has 10 atom stereocenters. The summed E-state index contributed by atoms with van der Waals surface area (Å²) in [5.74, 6) is -0.811. The van der Waals surface area contributed by atoms with Gasteiger partial charge in [-0.1, -0.05) is 39.3 Å². The van der Waals surface area contributed by atoms with Gasteiger partial charge in [0.2, 0.25) is 5.89 Å². The first kappa shape index (κ1) is 36.4. The number of nitrogens with zero attached hydrogens (tertiary/aromatic N) is 2. The fourth-order valence-electron chi connectivity index (χ4n) is 11.0. The number of ether oxygens (including phenoxy) is 2. The second-order valence-electron chi connectivity index (χ2n) is 16.4. The van der Waals surface area contributed by atoms with Gasteiger partial charge in [-0.25, -0.2) is 9.18 Å². The van der Waals surface area contributed by atoms with Crippen molar-refractivity contribution < 1.29 is 38.1 Å². The summed E-state index contributed by atoms with van der Waals surface area (Å²) in [6.07, 6.45) is 5.86. The summed E-state index contributed by atoms with van der Waals surface area (Å²) in [5, 5.41) is 31.1. The zero-order chi connectivity index (χ0) is 36.2. The zero-order valence-corrected chi connectivity index (χ0v) is 30.5. The average Bonchev–Trinajstić information content (AvgIpc) is 3.63. The number of fused-ring (bicyclic) bond motifs is 5. The fourth-order valence-corrected chi connectivity index (χ4v) is 11.0.